The molecule has 1 unspecified atom stereocenters. The third-order valence-electron chi connectivity index (χ3n) is 2.67. The molecule has 7 heteroatoms. The molecule has 0 amide bonds. The minimum atomic E-state index is -3.49. The Morgan fingerprint density at radius 1 is 1.56 bits per heavy atom. The van der Waals surface area contributed by atoms with E-state index in [-0.39, 0.29) is 17.5 Å². The summed E-state index contributed by atoms with van der Waals surface area (Å²) in [6, 6.07) is 1.39. The second-order valence-electron chi connectivity index (χ2n) is 4.24. The SMILES string of the molecule is CSCCC(C)NS(=O)(=O)c1cc(CO)n(C)c1. The van der Waals surface area contributed by atoms with Crippen molar-refractivity contribution in [2.45, 2.75) is 30.9 Å². The predicted octanol–water partition coefficient (Wildman–Crippen LogP) is 0.937. The zero-order chi connectivity index (χ0) is 13.8. The van der Waals surface area contributed by atoms with Crippen LogP contribution >= 0.6 is 11.8 Å². The third kappa shape index (κ3) is 4.01. The zero-order valence-electron chi connectivity index (χ0n) is 10.9. The molecule has 0 bridgehead atoms. The molecule has 1 heterocycles. The largest absolute Gasteiger partial charge is 0.390 e. The second kappa shape index (κ2) is 6.60. The number of aromatic nitrogens is 1. The Kier molecular flexibility index (Phi) is 5.71. The van der Waals surface area contributed by atoms with E-state index >= 15 is 0 Å². The average Bonchev–Trinajstić information content (AvgIpc) is 2.68. The Bertz CT molecular complexity index is 482. The number of rotatable bonds is 7. The van der Waals surface area contributed by atoms with Gasteiger partial charge in [-0.2, -0.15) is 11.8 Å². The van der Waals surface area contributed by atoms with E-state index in [1.165, 1.54) is 12.3 Å². The van der Waals surface area contributed by atoms with E-state index in [2.05, 4.69) is 4.72 Å². The summed E-state index contributed by atoms with van der Waals surface area (Å²) in [5.74, 6) is 0.917. The first-order valence-corrected chi connectivity index (χ1v) is 8.55. The Hall–Kier alpha value is -0.500. The number of aliphatic hydroxyl groups excluding tert-OH is 1. The summed E-state index contributed by atoms with van der Waals surface area (Å²) in [5, 5.41) is 9.06. The lowest BCUT2D eigenvalue weighted by Gasteiger charge is -2.12. The third-order valence-corrected chi connectivity index (χ3v) is 4.87. The molecular weight excluding hydrogens is 272 g/mol. The lowest BCUT2D eigenvalue weighted by molar-refractivity contribution is 0.272. The van der Waals surface area contributed by atoms with Crippen molar-refractivity contribution in [1.29, 1.82) is 0 Å². The standard InChI is InChI=1S/C11H20N2O3S2/c1-9(4-5-17-3)12-18(15,16)11-6-10(8-14)13(2)7-11/h6-7,9,12,14H,4-5,8H2,1-3H3. The van der Waals surface area contributed by atoms with Gasteiger partial charge in [-0.05, 0) is 31.4 Å². The summed E-state index contributed by atoms with van der Waals surface area (Å²) in [6.07, 6.45) is 4.29. The molecule has 0 saturated carbocycles. The van der Waals surface area contributed by atoms with Gasteiger partial charge < -0.3 is 9.67 Å². The molecule has 1 aromatic rings. The Labute approximate surface area is 113 Å². The van der Waals surface area contributed by atoms with Gasteiger partial charge in [0.2, 0.25) is 10.0 Å². The van der Waals surface area contributed by atoms with Gasteiger partial charge in [0.1, 0.15) is 0 Å². The minimum absolute atomic E-state index is 0.0970. The van der Waals surface area contributed by atoms with Crippen LogP contribution in [-0.4, -0.2) is 36.1 Å². The number of thioether (sulfide) groups is 1. The van der Waals surface area contributed by atoms with Gasteiger partial charge in [-0.15, -0.1) is 0 Å². The van der Waals surface area contributed by atoms with Crippen LogP contribution in [0.15, 0.2) is 17.2 Å². The van der Waals surface area contributed by atoms with Crippen LogP contribution < -0.4 is 4.72 Å². The summed E-state index contributed by atoms with van der Waals surface area (Å²) in [7, 11) is -1.78. The number of nitrogens with zero attached hydrogens (tertiary/aromatic N) is 1. The van der Waals surface area contributed by atoms with E-state index in [1.807, 2.05) is 13.2 Å². The van der Waals surface area contributed by atoms with Gasteiger partial charge in [-0.3, -0.25) is 0 Å². The molecule has 2 N–H and O–H groups in total. The summed E-state index contributed by atoms with van der Waals surface area (Å²) < 4.78 is 28.4. The maximum absolute atomic E-state index is 12.1. The quantitative estimate of drug-likeness (QED) is 0.784. The zero-order valence-corrected chi connectivity index (χ0v) is 12.5. The fourth-order valence-corrected chi connectivity index (χ4v) is 3.53. The molecule has 1 atom stereocenters. The second-order valence-corrected chi connectivity index (χ2v) is 6.94. The Balaban J connectivity index is 2.79. The van der Waals surface area contributed by atoms with Crippen LogP contribution in [0.4, 0.5) is 0 Å². The number of aliphatic hydroxyl groups is 1. The van der Waals surface area contributed by atoms with Crippen molar-refractivity contribution in [3.63, 3.8) is 0 Å². The van der Waals surface area contributed by atoms with Crippen LogP contribution in [0.1, 0.15) is 19.0 Å². The fraction of sp³-hybridized carbons (Fsp3) is 0.636. The van der Waals surface area contributed by atoms with Crippen molar-refractivity contribution in [1.82, 2.24) is 9.29 Å². The molecule has 0 fully saturated rings. The molecule has 1 aromatic heterocycles. The monoisotopic (exact) mass is 292 g/mol. The Morgan fingerprint density at radius 3 is 2.72 bits per heavy atom. The Morgan fingerprint density at radius 2 is 2.22 bits per heavy atom. The molecule has 0 aliphatic rings. The van der Waals surface area contributed by atoms with Gasteiger partial charge in [-0.25, -0.2) is 13.1 Å². The molecule has 0 saturated heterocycles. The van der Waals surface area contributed by atoms with Crippen molar-refractivity contribution >= 4 is 21.8 Å². The van der Waals surface area contributed by atoms with Gasteiger partial charge in [0, 0.05) is 25.0 Å². The molecule has 18 heavy (non-hydrogen) atoms. The van der Waals surface area contributed by atoms with Crippen LogP contribution in [-0.2, 0) is 23.7 Å². The van der Waals surface area contributed by atoms with E-state index in [0.717, 1.165) is 12.2 Å². The van der Waals surface area contributed by atoms with Gasteiger partial charge in [0.05, 0.1) is 11.5 Å². The summed E-state index contributed by atoms with van der Waals surface area (Å²) in [4.78, 5) is 0.199. The molecule has 5 nitrogen and oxygen atoms in total. The van der Waals surface area contributed by atoms with E-state index in [9.17, 15) is 8.42 Å². The normalized spacial score (nSPS) is 13.8. The highest BCUT2D eigenvalue weighted by atomic mass is 32.2. The van der Waals surface area contributed by atoms with Crippen LogP contribution in [0.25, 0.3) is 0 Å². The highest BCUT2D eigenvalue weighted by molar-refractivity contribution is 7.98. The van der Waals surface area contributed by atoms with Crippen LogP contribution in [0.5, 0.6) is 0 Å². The number of hydrogen-bond acceptors (Lipinski definition) is 4. The summed E-state index contributed by atoms with van der Waals surface area (Å²) >= 11 is 1.69. The lowest BCUT2D eigenvalue weighted by Crippen LogP contribution is -2.32. The van der Waals surface area contributed by atoms with Gasteiger partial charge in [0.15, 0.2) is 0 Å². The first-order chi connectivity index (χ1) is 8.40. The maximum Gasteiger partial charge on any atom is 0.242 e. The summed E-state index contributed by atoms with van der Waals surface area (Å²) in [5.41, 5.74) is 0.576. The minimum Gasteiger partial charge on any atom is -0.390 e. The average molecular weight is 292 g/mol. The van der Waals surface area contributed by atoms with Gasteiger partial charge in [-0.1, -0.05) is 0 Å². The topological polar surface area (TPSA) is 71.3 Å². The van der Waals surface area contributed by atoms with Crippen LogP contribution in [0.2, 0.25) is 0 Å². The van der Waals surface area contributed by atoms with E-state index in [1.54, 1.807) is 23.4 Å². The van der Waals surface area contributed by atoms with E-state index in [0.29, 0.717) is 5.69 Å². The van der Waals surface area contributed by atoms with Crippen LogP contribution in [0.3, 0.4) is 0 Å². The van der Waals surface area contributed by atoms with Gasteiger partial charge >= 0.3 is 0 Å². The van der Waals surface area contributed by atoms with Gasteiger partial charge in [0.25, 0.3) is 0 Å². The first-order valence-electron chi connectivity index (χ1n) is 5.68. The summed E-state index contributed by atoms with van der Waals surface area (Å²) in [6.45, 7) is 1.68. The smallest absolute Gasteiger partial charge is 0.242 e. The number of sulfonamides is 1. The van der Waals surface area contributed by atoms with E-state index in [4.69, 9.17) is 5.11 Å². The molecular formula is C11H20N2O3S2. The van der Waals surface area contributed by atoms with Crippen LogP contribution in [0, 0.1) is 0 Å². The highest BCUT2D eigenvalue weighted by Crippen LogP contribution is 2.14. The number of aryl methyl sites for hydroxylation is 1. The van der Waals surface area contributed by atoms with Crippen molar-refractivity contribution in [3.05, 3.63) is 18.0 Å². The molecule has 0 aliphatic heterocycles. The first kappa shape index (κ1) is 15.6. The highest BCUT2D eigenvalue weighted by Gasteiger charge is 2.19. The van der Waals surface area contributed by atoms with Crippen molar-refractivity contribution in [3.8, 4) is 0 Å². The molecule has 0 aromatic carbocycles. The molecule has 0 spiro atoms. The number of hydrogen-bond donors (Lipinski definition) is 2. The van der Waals surface area contributed by atoms with Crippen molar-refractivity contribution < 1.29 is 13.5 Å². The van der Waals surface area contributed by atoms with E-state index < -0.39 is 10.0 Å². The molecule has 104 valence electrons. The lowest BCUT2D eigenvalue weighted by atomic mass is 10.3. The fourth-order valence-electron chi connectivity index (χ4n) is 1.57. The molecule has 1 rings (SSSR count). The predicted molar refractivity (Wildman–Crippen MR) is 74.1 cm³/mol. The maximum atomic E-state index is 12.1. The number of nitrogens with one attached hydrogen (secondary N) is 1. The molecule has 0 aliphatic carbocycles. The molecule has 0 radical (unpaired) electrons. The van der Waals surface area contributed by atoms with Crippen molar-refractivity contribution in [2.75, 3.05) is 12.0 Å². The van der Waals surface area contributed by atoms with Crippen molar-refractivity contribution in [2.24, 2.45) is 7.05 Å².